The molecule has 0 saturated heterocycles. The molecule has 2 N–H and O–H groups in total. The topological polar surface area (TPSA) is 75.1 Å². The highest BCUT2D eigenvalue weighted by atomic mass is 35.5. The predicted molar refractivity (Wildman–Crippen MR) is 82.2 cm³/mol. The number of nitrogens with zero attached hydrogens (tertiary/aromatic N) is 1. The first kappa shape index (κ1) is 20.3. The van der Waals surface area contributed by atoms with Crippen LogP contribution in [0.25, 0.3) is 0 Å². The first-order valence-corrected chi connectivity index (χ1v) is 6.39. The second-order valence-corrected chi connectivity index (χ2v) is 3.89. The number of nitrogens with one attached hydrogen (secondary N) is 2. The molecule has 0 atom stereocenters. The Balaban J connectivity index is 0. The fraction of sp³-hybridized carbons (Fsp3) is 0.364. The normalized spacial score (nSPS) is 8.74. The summed E-state index contributed by atoms with van der Waals surface area (Å²) in [5.74, 6) is -0.192. The van der Waals surface area contributed by atoms with Crippen LogP contribution in [0.1, 0.15) is 17.3 Å². The number of carbonyl (C=O) groups is 1. The highest BCUT2D eigenvalue weighted by Gasteiger charge is 2.11. The van der Waals surface area contributed by atoms with Crippen LogP contribution in [0.2, 0.25) is 0 Å². The molecular weight excluding hydrogens is 309 g/mol. The second kappa shape index (κ2) is 10.9. The number of halogens is 2. The van der Waals surface area contributed by atoms with Crippen LogP contribution in [-0.2, 0) is 4.74 Å². The van der Waals surface area contributed by atoms with Gasteiger partial charge in [0.05, 0.1) is 18.7 Å². The van der Waals surface area contributed by atoms with E-state index in [0.29, 0.717) is 17.2 Å². The van der Waals surface area contributed by atoms with Gasteiger partial charge in [-0.2, -0.15) is 0 Å². The second-order valence-electron chi connectivity index (χ2n) is 3.10. The summed E-state index contributed by atoms with van der Waals surface area (Å²) in [5.41, 5.74) is 0.518. The van der Waals surface area contributed by atoms with E-state index in [2.05, 4.69) is 10.3 Å². The van der Waals surface area contributed by atoms with E-state index in [-0.39, 0.29) is 43.2 Å². The van der Waals surface area contributed by atoms with Crippen molar-refractivity contribution >= 4 is 48.4 Å². The molecule has 0 saturated carbocycles. The maximum Gasteiger partial charge on any atom is 0.254 e. The van der Waals surface area contributed by atoms with Crippen molar-refractivity contribution in [1.29, 1.82) is 5.41 Å². The van der Waals surface area contributed by atoms with Gasteiger partial charge in [0.25, 0.3) is 5.91 Å². The highest BCUT2D eigenvalue weighted by molar-refractivity contribution is 7.98. The van der Waals surface area contributed by atoms with Gasteiger partial charge in [-0.05, 0) is 25.3 Å². The Kier molecular flexibility index (Phi) is 11.7. The van der Waals surface area contributed by atoms with Gasteiger partial charge in [0.2, 0.25) is 0 Å². The highest BCUT2D eigenvalue weighted by Crippen LogP contribution is 2.16. The van der Waals surface area contributed by atoms with Crippen LogP contribution in [-0.4, -0.2) is 36.2 Å². The zero-order valence-corrected chi connectivity index (χ0v) is 13.1. The lowest BCUT2D eigenvalue weighted by atomic mass is 10.2. The Labute approximate surface area is 129 Å². The minimum Gasteiger partial charge on any atom is -0.480 e. The lowest BCUT2D eigenvalue weighted by Gasteiger charge is -2.08. The summed E-state index contributed by atoms with van der Waals surface area (Å²) < 4.78 is 4.93. The monoisotopic (exact) mass is 325 g/mol. The van der Waals surface area contributed by atoms with Crippen molar-refractivity contribution in [2.24, 2.45) is 0 Å². The zero-order valence-electron chi connectivity index (χ0n) is 10.6. The van der Waals surface area contributed by atoms with Crippen molar-refractivity contribution in [3.05, 3.63) is 23.9 Å². The molecule has 0 spiro atoms. The van der Waals surface area contributed by atoms with Gasteiger partial charge in [0, 0.05) is 6.20 Å². The van der Waals surface area contributed by atoms with E-state index in [4.69, 9.17) is 10.1 Å². The van der Waals surface area contributed by atoms with Crippen LogP contribution >= 0.6 is 36.6 Å². The van der Waals surface area contributed by atoms with Crippen molar-refractivity contribution < 1.29 is 9.53 Å². The molecule has 1 aromatic heterocycles. The van der Waals surface area contributed by atoms with Crippen LogP contribution in [0.5, 0.6) is 0 Å². The fourth-order valence-electron chi connectivity index (χ4n) is 1.21. The van der Waals surface area contributed by atoms with Crippen molar-refractivity contribution in [2.75, 3.05) is 19.4 Å². The van der Waals surface area contributed by atoms with Gasteiger partial charge >= 0.3 is 0 Å². The molecule has 0 radical (unpaired) electrons. The van der Waals surface area contributed by atoms with E-state index in [1.807, 2.05) is 6.26 Å². The van der Waals surface area contributed by atoms with Gasteiger partial charge in [0.15, 0.2) is 5.90 Å². The quantitative estimate of drug-likeness (QED) is 0.495. The van der Waals surface area contributed by atoms with Gasteiger partial charge in [-0.15, -0.1) is 36.6 Å². The van der Waals surface area contributed by atoms with Crippen LogP contribution in [0.3, 0.4) is 0 Å². The Morgan fingerprint density at radius 1 is 1.53 bits per heavy atom. The first-order valence-electron chi connectivity index (χ1n) is 5.16. The molecule has 8 heteroatoms. The summed E-state index contributed by atoms with van der Waals surface area (Å²) in [6.07, 6.45) is 3.51. The summed E-state index contributed by atoms with van der Waals surface area (Å²) in [4.78, 5) is 15.9. The number of thioether (sulfide) groups is 1. The Hall–Kier alpha value is -0.980. The van der Waals surface area contributed by atoms with E-state index in [1.165, 1.54) is 11.8 Å². The van der Waals surface area contributed by atoms with Gasteiger partial charge in [-0.1, -0.05) is 0 Å². The molecule has 1 aromatic rings. The SMILES string of the molecule is CCOC(=N)CNC(=O)c1cccnc1SC.Cl.Cl. The molecule has 0 unspecified atom stereocenters. The lowest BCUT2D eigenvalue weighted by Crippen LogP contribution is -2.30. The van der Waals surface area contributed by atoms with Crippen molar-refractivity contribution in [2.45, 2.75) is 11.9 Å². The number of hydrogen-bond donors (Lipinski definition) is 2. The summed E-state index contributed by atoms with van der Waals surface area (Å²) in [5, 5.41) is 10.7. The van der Waals surface area contributed by atoms with E-state index in [0.717, 1.165) is 0 Å². The molecule has 0 aliphatic rings. The maximum atomic E-state index is 11.8. The molecule has 108 valence electrons. The standard InChI is InChI=1S/C11H15N3O2S.2ClH/c1-3-16-9(12)7-14-10(15)8-5-4-6-13-11(8)17-2;;/h4-6,12H,3,7H2,1-2H3,(H,14,15);2*1H. The number of ether oxygens (including phenoxy) is 1. The van der Waals surface area contributed by atoms with E-state index in [1.54, 1.807) is 25.3 Å². The summed E-state index contributed by atoms with van der Waals surface area (Å²) in [6, 6.07) is 3.42. The molecule has 0 bridgehead atoms. The molecule has 0 aromatic carbocycles. The lowest BCUT2D eigenvalue weighted by molar-refractivity contribution is 0.0953. The molecular formula is C11H17Cl2N3O2S. The molecule has 0 fully saturated rings. The molecule has 1 rings (SSSR count). The molecule has 0 aliphatic heterocycles. The first-order chi connectivity index (χ1) is 8.19. The van der Waals surface area contributed by atoms with E-state index < -0.39 is 0 Å². The minimum atomic E-state index is -0.244. The van der Waals surface area contributed by atoms with E-state index >= 15 is 0 Å². The zero-order chi connectivity index (χ0) is 12.7. The van der Waals surface area contributed by atoms with Gasteiger partial charge in [-0.25, -0.2) is 4.98 Å². The summed E-state index contributed by atoms with van der Waals surface area (Å²) in [6.45, 7) is 2.32. The minimum absolute atomic E-state index is 0. The van der Waals surface area contributed by atoms with Gasteiger partial charge in [0.1, 0.15) is 5.03 Å². The number of pyridine rings is 1. The maximum absolute atomic E-state index is 11.8. The van der Waals surface area contributed by atoms with Crippen LogP contribution < -0.4 is 5.32 Å². The van der Waals surface area contributed by atoms with Crippen molar-refractivity contribution in [3.63, 3.8) is 0 Å². The van der Waals surface area contributed by atoms with Crippen molar-refractivity contribution in [1.82, 2.24) is 10.3 Å². The number of hydrogen-bond acceptors (Lipinski definition) is 5. The van der Waals surface area contributed by atoms with E-state index in [9.17, 15) is 4.79 Å². The Morgan fingerprint density at radius 3 is 2.79 bits per heavy atom. The van der Waals surface area contributed by atoms with Crippen LogP contribution in [0.15, 0.2) is 23.4 Å². The van der Waals surface area contributed by atoms with Gasteiger partial charge in [-0.3, -0.25) is 10.2 Å². The summed E-state index contributed by atoms with van der Waals surface area (Å²) in [7, 11) is 0. The number of rotatable bonds is 5. The Bertz CT molecular complexity index is 419. The molecule has 19 heavy (non-hydrogen) atoms. The number of aromatic nitrogens is 1. The fourth-order valence-corrected chi connectivity index (χ4v) is 1.75. The third-order valence-corrected chi connectivity index (χ3v) is 2.65. The smallest absolute Gasteiger partial charge is 0.254 e. The van der Waals surface area contributed by atoms with Crippen molar-refractivity contribution in [3.8, 4) is 0 Å². The van der Waals surface area contributed by atoms with Crippen LogP contribution in [0, 0.1) is 5.41 Å². The molecule has 5 nitrogen and oxygen atoms in total. The molecule has 1 heterocycles. The summed E-state index contributed by atoms with van der Waals surface area (Å²) >= 11 is 1.41. The third-order valence-electron chi connectivity index (χ3n) is 1.94. The Morgan fingerprint density at radius 2 is 2.21 bits per heavy atom. The number of amides is 1. The third kappa shape index (κ3) is 6.66. The molecule has 1 amide bonds. The van der Waals surface area contributed by atoms with Gasteiger partial charge < -0.3 is 10.1 Å². The predicted octanol–water partition coefficient (Wildman–Crippen LogP) is 2.39. The number of carbonyl (C=O) groups excluding carboxylic acids is 1. The average molecular weight is 326 g/mol. The molecule has 0 aliphatic carbocycles. The largest absolute Gasteiger partial charge is 0.480 e. The average Bonchev–Trinajstić information content (AvgIpc) is 2.36. The van der Waals surface area contributed by atoms with Crippen LogP contribution in [0.4, 0.5) is 0 Å².